The maximum Gasteiger partial charge on any atom is 0.152 e. The van der Waals surface area contributed by atoms with Crippen molar-refractivity contribution in [3.8, 4) is 0 Å². The molecule has 1 fully saturated rings. The second-order valence-corrected chi connectivity index (χ2v) is 7.59. The summed E-state index contributed by atoms with van der Waals surface area (Å²) in [4.78, 5) is 16.2. The minimum absolute atomic E-state index is 0.219. The molecule has 3 aliphatic rings. The number of hydrogen-bond donors (Lipinski definition) is 1. The number of hydrogen-bond acceptors (Lipinski definition) is 7. The van der Waals surface area contributed by atoms with E-state index >= 15 is 0 Å². The van der Waals surface area contributed by atoms with Gasteiger partial charge in [0, 0.05) is 69.7 Å². The van der Waals surface area contributed by atoms with E-state index in [1.807, 2.05) is 30.2 Å². The second-order valence-electron chi connectivity index (χ2n) is 7.59. The van der Waals surface area contributed by atoms with Crippen molar-refractivity contribution in [2.45, 2.75) is 0 Å². The summed E-state index contributed by atoms with van der Waals surface area (Å²) in [6, 6.07) is 6.26. The summed E-state index contributed by atoms with van der Waals surface area (Å²) in [6.45, 7) is 5.50. The third-order valence-electron chi connectivity index (χ3n) is 5.62. The Labute approximate surface area is 169 Å². The van der Waals surface area contributed by atoms with E-state index in [1.165, 1.54) is 0 Å². The van der Waals surface area contributed by atoms with Crippen LogP contribution in [0.25, 0.3) is 16.6 Å². The number of aliphatic hydroxyl groups is 1. The summed E-state index contributed by atoms with van der Waals surface area (Å²) in [5, 5.41) is 14.7. The van der Waals surface area contributed by atoms with Crippen LogP contribution < -0.4 is 0 Å². The minimum atomic E-state index is 0.219. The van der Waals surface area contributed by atoms with Crippen molar-refractivity contribution < 1.29 is 5.11 Å². The zero-order valence-corrected chi connectivity index (χ0v) is 16.6. The van der Waals surface area contributed by atoms with Crippen LogP contribution in [0.4, 0.5) is 0 Å². The standard InChI is InChI=1S/C21H25N7O/c1-25-14-17-12-16(2-3-19(17)24-25)18-4-5-28-15-21(22-13-20(28)23-18)27-8-6-26(7-9-27)10-11-29/h2-4,12-15,29H,5-11H2,1H3. The lowest BCUT2D eigenvalue weighted by atomic mass is 10.1. The fraction of sp³-hybridized carbons (Fsp3) is 0.381. The topological polar surface area (TPSA) is 72.5 Å². The van der Waals surface area contributed by atoms with Gasteiger partial charge in [-0.25, -0.2) is 9.98 Å². The first kappa shape index (κ1) is 18.1. The predicted molar refractivity (Wildman–Crippen MR) is 115 cm³/mol. The number of piperazine rings is 1. The van der Waals surface area contributed by atoms with Crippen LogP contribution in [-0.2, 0) is 7.05 Å². The molecule has 29 heavy (non-hydrogen) atoms. The van der Waals surface area contributed by atoms with Gasteiger partial charge in [-0.05, 0) is 18.2 Å². The second kappa shape index (κ2) is 7.46. The van der Waals surface area contributed by atoms with Gasteiger partial charge in [0.25, 0.3) is 0 Å². The highest BCUT2D eigenvalue weighted by molar-refractivity contribution is 6.31. The van der Waals surface area contributed by atoms with E-state index < -0.39 is 0 Å². The maximum atomic E-state index is 9.10. The first-order chi connectivity index (χ1) is 14.2. The summed E-state index contributed by atoms with van der Waals surface area (Å²) >= 11 is 0. The van der Waals surface area contributed by atoms with E-state index in [2.05, 4.69) is 49.2 Å². The van der Waals surface area contributed by atoms with Gasteiger partial charge < -0.3 is 14.9 Å². The summed E-state index contributed by atoms with van der Waals surface area (Å²) in [5.74, 6) is 1.86. The molecule has 0 amide bonds. The predicted octanol–water partition coefficient (Wildman–Crippen LogP) is 1.12. The molecular formula is C21H25N7O. The zero-order valence-electron chi connectivity index (χ0n) is 16.6. The molecule has 0 spiro atoms. The Morgan fingerprint density at radius 1 is 1.14 bits per heavy atom. The van der Waals surface area contributed by atoms with Crippen LogP contribution in [0, 0.1) is 0 Å². The van der Waals surface area contributed by atoms with Crippen LogP contribution in [0.2, 0.25) is 0 Å². The normalized spacial score (nSPS) is 19.9. The lowest BCUT2D eigenvalue weighted by Gasteiger charge is -2.37. The number of aromatic nitrogens is 2. The number of aliphatic imine (C=N–C) groups is 2. The van der Waals surface area contributed by atoms with E-state index in [0.717, 1.165) is 73.1 Å². The molecular weight excluding hydrogens is 366 g/mol. The number of nitrogens with zero attached hydrogens (tertiary/aromatic N) is 7. The van der Waals surface area contributed by atoms with E-state index in [1.54, 1.807) is 0 Å². The van der Waals surface area contributed by atoms with E-state index in [0.29, 0.717) is 0 Å². The van der Waals surface area contributed by atoms with Crippen molar-refractivity contribution in [2.75, 3.05) is 45.9 Å². The van der Waals surface area contributed by atoms with Crippen molar-refractivity contribution in [1.82, 2.24) is 24.5 Å². The molecule has 8 nitrogen and oxygen atoms in total. The third kappa shape index (κ3) is 3.56. The Morgan fingerprint density at radius 3 is 2.83 bits per heavy atom. The minimum Gasteiger partial charge on any atom is -0.395 e. The highest BCUT2D eigenvalue weighted by Crippen LogP contribution is 2.25. The molecule has 1 aromatic carbocycles. The smallest absolute Gasteiger partial charge is 0.152 e. The van der Waals surface area contributed by atoms with Gasteiger partial charge in [0.15, 0.2) is 5.84 Å². The molecule has 1 N–H and O–H groups in total. The van der Waals surface area contributed by atoms with Gasteiger partial charge in [-0.15, -0.1) is 0 Å². The average molecular weight is 391 g/mol. The van der Waals surface area contributed by atoms with Crippen molar-refractivity contribution in [1.29, 1.82) is 0 Å². The number of aliphatic hydroxyl groups excluding tert-OH is 1. The molecule has 5 rings (SSSR count). The number of β-amino-alcohol motifs (C(OH)–C–C–N with tert-alkyl or cyclic N) is 1. The number of amidine groups is 1. The number of benzene rings is 1. The molecule has 150 valence electrons. The van der Waals surface area contributed by atoms with Gasteiger partial charge in [-0.3, -0.25) is 9.58 Å². The SMILES string of the molecule is Cn1cc2cc(C3=CCN4C=C(N5CCN(CCO)CC5)N=CC4=N3)ccc2n1. The Bertz CT molecular complexity index is 1040. The first-order valence-electron chi connectivity index (χ1n) is 10.0. The van der Waals surface area contributed by atoms with Crippen molar-refractivity contribution in [3.63, 3.8) is 0 Å². The lowest BCUT2D eigenvalue weighted by molar-refractivity contribution is 0.130. The molecule has 1 aromatic heterocycles. The summed E-state index contributed by atoms with van der Waals surface area (Å²) in [5.41, 5.74) is 3.07. The summed E-state index contributed by atoms with van der Waals surface area (Å²) in [7, 11) is 1.94. The molecule has 3 aliphatic heterocycles. The van der Waals surface area contributed by atoms with Gasteiger partial charge >= 0.3 is 0 Å². The quantitative estimate of drug-likeness (QED) is 0.846. The van der Waals surface area contributed by atoms with Crippen molar-refractivity contribution in [3.05, 3.63) is 48.1 Å². The number of aryl methyl sites for hydroxylation is 1. The Balaban J connectivity index is 1.30. The van der Waals surface area contributed by atoms with Crippen LogP contribution >= 0.6 is 0 Å². The molecule has 4 heterocycles. The Hall–Kier alpha value is -2.97. The molecule has 0 bridgehead atoms. The Morgan fingerprint density at radius 2 is 2.00 bits per heavy atom. The molecule has 0 saturated carbocycles. The molecule has 0 aliphatic carbocycles. The third-order valence-corrected chi connectivity index (χ3v) is 5.62. The average Bonchev–Trinajstić information content (AvgIpc) is 3.13. The van der Waals surface area contributed by atoms with E-state index in [-0.39, 0.29) is 6.61 Å². The van der Waals surface area contributed by atoms with Crippen LogP contribution in [0.15, 0.2) is 52.5 Å². The van der Waals surface area contributed by atoms with Crippen LogP contribution in [0.3, 0.4) is 0 Å². The van der Waals surface area contributed by atoms with Gasteiger partial charge in [0.05, 0.1) is 24.0 Å². The lowest BCUT2D eigenvalue weighted by Crippen LogP contribution is -2.47. The van der Waals surface area contributed by atoms with Gasteiger partial charge in [0.2, 0.25) is 0 Å². The van der Waals surface area contributed by atoms with E-state index in [9.17, 15) is 0 Å². The zero-order chi connectivity index (χ0) is 19.8. The van der Waals surface area contributed by atoms with Gasteiger partial charge in [-0.2, -0.15) is 5.10 Å². The largest absolute Gasteiger partial charge is 0.395 e. The fourth-order valence-corrected chi connectivity index (χ4v) is 4.03. The number of rotatable bonds is 4. The van der Waals surface area contributed by atoms with E-state index in [4.69, 9.17) is 10.1 Å². The number of fused-ring (bicyclic) bond motifs is 2. The van der Waals surface area contributed by atoms with Crippen LogP contribution in [0.1, 0.15) is 5.56 Å². The Kier molecular flexibility index (Phi) is 4.65. The van der Waals surface area contributed by atoms with Gasteiger partial charge in [0.1, 0.15) is 5.82 Å². The summed E-state index contributed by atoms with van der Waals surface area (Å²) in [6.07, 6.45) is 8.15. The molecule has 0 unspecified atom stereocenters. The summed E-state index contributed by atoms with van der Waals surface area (Å²) < 4.78 is 1.83. The van der Waals surface area contributed by atoms with Crippen molar-refractivity contribution >= 4 is 28.7 Å². The molecule has 0 atom stereocenters. The molecule has 2 aromatic rings. The van der Waals surface area contributed by atoms with Crippen molar-refractivity contribution in [2.24, 2.45) is 17.0 Å². The monoisotopic (exact) mass is 391 g/mol. The van der Waals surface area contributed by atoms with Gasteiger partial charge in [-0.1, -0.05) is 6.07 Å². The molecule has 1 saturated heterocycles. The first-order valence-corrected chi connectivity index (χ1v) is 10.0. The molecule has 0 radical (unpaired) electrons. The fourth-order valence-electron chi connectivity index (χ4n) is 4.03. The van der Waals surface area contributed by atoms with Crippen LogP contribution in [0.5, 0.6) is 0 Å². The maximum absolute atomic E-state index is 9.10. The van der Waals surface area contributed by atoms with Crippen LogP contribution in [-0.4, -0.2) is 87.5 Å². The highest BCUT2D eigenvalue weighted by Gasteiger charge is 2.23. The highest BCUT2D eigenvalue weighted by atomic mass is 16.3. The molecule has 8 heteroatoms.